The number of benzene rings is 2. The maximum Gasteiger partial charge on any atom is 0.204 e. The minimum Gasteiger partial charge on any atom is -0.504 e. The highest BCUT2D eigenvalue weighted by Crippen LogP contribution is 2.44. The fraction of sp³-hybridized carbons (Fsp3) is 0.381. The van der Waals surface area contributed by atoms with Crippen LogP contribution in [0.4, 0.5) is 4.39 Å². The van der Waals surface area contributed by atoms with E-state index in [4.69, 9.17) is 9.47 Å². The van der Waals surface area contributed by atoms with E-state index in [0.717, 1.165) is 11.1 Å². The largest absolute Gasteiger partial charge is 0.504 e. The van der Waals surface area contributed by atoms with E-state index in [-0.39, 0.29) is 34.6 Å². The highest BCUT2D eigenvalue weighted by Gasteiger charge is 2.24. The van der Waals surface area contributed by atoms with Gasteiger partial charge in [0.25, 0.3) is 0 Å². The zero-order valence-corrected chi connectivity index (χ0v) is 15.9. The summed E-state index contributed by atoms with van der Waals surface area (Å²) in [7, 11) is 1.50. The molecule has 2 rings (SSSR count). The first-order chi connectivity index (χ1) is 12.3. The molecular formula is C21H25FO4. The van der Waals surface area contributed by atoms with Gasteiger partial charge in [-0.2, -0.15) is 0 Å². The number of rotatable bonds is 7. The van der Waals surface area contributed by atoms with Gasteiger partial charge in [-0.05, 0) is 61.9 Å². The van der Waals surface area contributed by atoms with Crippen LogP contribution < -0.4 is 9.47 Å². The van der Waals surface area contributed by atoms with Crippen molar-refractivity contribution < 1.29 is 23.8 Å². The average Bonchev–Trinajstić information content (AvgIpc) is 2.59. The Labute approximate surface area is 153 Å². The number of phenols is 1. The van der Waals surface area contributed by atoms with Crippen molar-refractivity contribution in [1.82, 2.24) is 0 Å². The summed E-state index contributed by atoms with van der Waals surface area (Å²) in [5.41, 5.74) is 2.71. The lowest BCUT2D eigenvalue weighted by Gasteiger charge is -2.20. The number of phenolic OH excluding ortho intramolecular Hbond substituents is 1. The van der Waals surface area contributed by atoms with E-state index in [1.807, 2.05) is 13.8 Å². The second kappa shape index (κ2) is 8.21. The number of Topliss-reactive ketones (excluding diaryl/α,β-unsaturated/α-hetero) is 1. The van der Waals surface area contributed by atoms with E-state index >= 15 is 0 Å². The van der Waals surface area contributed by atoms with Crippen LogP contribution in [0.15, 0.2) is 24.3 Å². The fourth-order valence-corrected chi connectivity index (χ4v) is 3.03. The zero-order chi connectivity index (χ0) is 19.4. The topological polar surface area (TPSA) is 55.8 Å². The van der Waals surface area contributed by atoms with Gasteiger partial charge in [-0.15, -0.1) is 0 Å². The maximum absolute atomic E-state index is 13.0. The smallest absolute Gasteiger partial charge is 0.204 e. The summed E-state index contributed by atoms with van der Waals surface area (Å²) in [6.07, 6.45) is 0.663. The Morgan fingerprint density at radius 2 is 1.77 bits per heavy atom. The monoisotopic (exact) mass is 360 g/mol. The molecule has 0 amide bonds. The Bertz CT molecular complexity index is 797. The van der Waals surface area contributed by atoms with E-state index in [1.54, 1.807) is 19.1 Å². The highest BCUT2D eigenvalue weighted by molar-refractivity contribution is 6.00. The molecule has 5 heteroatoms. The molecule has 0 bridgehead atoms. The number of halogens is 1. The predicted molar refractivity (Wildman–Crippen MR) is 99.1 cm³/mol. The summed E-state index contributed by atoms with van der Waals surface area (Å²) in [5, 5.41) is 10.5. The van der Waals surface area contributed by atoms with E-state index in [9.17, 15) is 14.3 Å². The molecule has 4 nitrogen and oxygen atoms in total. The molecule has 0 aliphatic carbocycles. The van der Waals surface area contributed by atoms with Crippen LogP contribution in [0.5, 0.6) is 17.2 Å². The van der Waals surface area contributed by atoms with Gasteiger partial charge in [-0.3, -0.25) is 4.79 Å². The average molecular weight is 360 g/mol. The molecule has 0 radical (unpaired) electrons. The molecule has 0 aromatic heterocycles. The van der Waals surface area contributed by atoms with Crippen LogP contribution in [-0.2, 0) is 0 Å². The van der Waals surface area contributed by atoms with Crippen LogP contribution in [-0.4, -0.2) is 24.6 Å². The van der Waals surface area contributed by atoms with Gasteiger partial charge in [0.15, 0.2) is 17.3 Å². The van der Waals surface area contributed by atoms with Gasteiger partial charge in [0.05, 0.1) is 19.3 Å². The molecule has 0 saturated carbocycles. The number of ether oxygens (including phenoxy) is 2. The Kier molecular flexibility index (Phi) is 6.24. The van der Waals surface area contributed by atoms with E-state index in [1.165, 1.54) is 26.2 Å². The third-order valence-corrected chi connectivity index (χ3v) is 4.73. The molecule has 1 atom stereocenters. The number of ketones is 1. The quantitative estimate of drug-likeness (QED) is 0.711. The van der Waals surface area contributed by atoms with Crippen molar-refractivity contribution in [1.29, 1.82) is 0 Å². The van der Waals surface area contributed by atoms with Crippen molar-refractivity contribution in [2.45, 2.75) is 40.0 Å². The van der Waals surface area contributed by atoms with Crippen LogP contribution in [0.25, 0.3) is 0 Å². The van der Waals surface area contributed by atoms with Gasteiger partial charge in [0.2, 0.25) is 5.75 Å². The SMILES string of the molecule is COc1c(C)c(C)c(C(C)=O)c(O)c1OCCC(C)c1ccc(F)cc1. The van der Waals surface area contributed by atoms with Gasteiger partial charge in [0.1, 0.15) is 5.82 Å². The van der Waals surface area contributed by atoms with Crippen LogP contribution in [0.3, 0.4) is 0 Å². The van der Waals surface area contributed by atoms with Gasteiger partial charge in [-0.25, -0.2) is 4.39 Å². The summed E-state index contributed by atoms with van der Waals surface area (Å²) < 4.78 is 24.2. The summed E-state index contributed by atoms with van der Waals surface area (Å²) >= 11 is 0. The second-order valence-electron chi connectivity index (χ2n) is 6.48. The first-order valence-corrected chi connectivity index (χ1v) is 8.57. The molecule has 140 valence electrons. The first kappa shape index (κ1) is 19.8. The van der Waals surface area contributed by atoms with Crippen molar-refractivity contribution in [2.24, 2.45) is 0 Å². The van der Waals surface area contributed by atoms with E-state index in [0.29, 0.717) is 24.3 Å². The third kappa shape index (κ3) is 3.98. The molecule has 1 N–H and O–H groups in total. The molecule has 1 unspecified atom stereocenters. The van der Waals surface area contributed by atoms with Gasteiger partial charge in [0, 0.05) is 0 Å². The fourth-order valence-electron chi connectivity index (χ4n) is 3.03. The third-order valence-electron chi connectivity index (χ3n) is 4.73. The van der Waals surface area contributed by atoms with Crippen molar-refractivity contribution in [3.05, 3.63) is 52.3 Å². The highest BCUT2D eigenvalue weighted by atomic mass is 19.1. The van der Waals surface area contributed by atoms with Gasteiger partial charge in [-0.1, -0.05) is 19.1 Å². The summed E-state index contributed by atoms with van der Waals surface area (Å²) in [4.78, 5) is 11.9. The van der Waals surface area contributed by atoms with Crippen LogP contribution in [0.2, 0.25) is 0 Å². The van der Waals surface area contributed by atoms with Crippen molar-refractivity contribution in [2.75, 3.05) is 13.7 Å². The van der Waals surface area contributed by atoms with E-state index < -0.39 is 0 Å². The van der Waals surface area contributed by atoms with Gasteiger partial charge < -0.3 is 14.6 Å². The predicted octanol–water partition coefficient (Wildman–Crippen LogP) is 4.93. The molecule has 0 fully saturated rings. The number of methoxy groups -OCH3 is 1. The molecule has 2 aromatic rings. The number of hydrogen-bond acceptors (Lipinski definition) is 4. The molecule has 2 aromatic carbocycles. The lowest BCUT2D eigenvalue weighted by Crippen LogP contribution is -2.08. The number of carbonyl (C=O) groups excluding carboxylic acids is 1. The van der Waals surface area contributed by atoms with Crippen molar-refractivity contribution in [3.63, 3.8) is 0 Å². The molecule has 0 heterocycles. The molecule has 0 aliphatic heterocycles. The standard InChI is InChI=1S/C21H25FO4/c1-12(16-6-8-17(22)9-7-16)10-11-26-21-19(24)18(15(4)23)13(2)14(3)20(21)25-5/h6-9,12,24H,10-11H2,1-5H3. The molecule has 26 heavy (non-hydrogen) atoms. The summed E-state index contributed by atoms with van der Waals surface area (Å²) in [5.74, 6) is 0.0926. The number of hydrogen-bond donors (Lipinski definition) is 1. The van der Waals surface area contributed by atoms with E-state index in [2.05, 4.69) is 0 Å². The zero-order valence-electron chi connectivity index (χ0n) is 15.9. The Morgan fingerprint density at radius 1 is 1.15 bits per heavy atom. The molecular weight excluding hydrogens is 335 g/mol. The van der Waals surface area contributed by atoms with Crippen molar-refractivity contribution >= 4 is 5.78 Å². The Hall–Kier alpha value is -2.56. The molecule has 0 saturated heterocycles. The lowest BCUT2D eigenvalue weighted by atomic mass is 9.97. The maximum atomic E-state index is 13.0. The van der Waals surface area contributed by atoms with Crippen LogP contribution >= 0.6 is 0 Å². The molecule has 0 aliphatic rings. The number of aromatic hydroxyl groups is 1. The summed E-state index contributed by atoms with van der Waals surface area (Å²) in [6.45, 7) is 7.36. The van der Waals surface area contributed by atoms with Gasteiger partial charge >= 0.3 is 0 Å². The first-order valence-electron chi connectivity index (χ1n) is 8.57. The minimum absolute atomic E-state index is 0.155. The molecule has 0 spiro atoms. The van der Waals surface area contributed by atoms with Crippen LogP contribution in [0.1, 0.15) is 53.2 Å². The summed E-state index contributed by atoms with van der Waals surface area (Å²) in [6, 6.07) is 6.37. The second-order valence-corrected chi connectivity index (χ2v) is 6.48. The lowest BCUT2D eigenvalue weighted by molar-refractivity contribution is 0.101. The Morgan fingerprint density at radius 3 is 2.31 bits per heavy atom. The Balaban J connectivity index is 2.21. The van der Waals surface area contributed by atoms with Crippen LogP contribution in [0, 0.1) is 19.7 Å². The minimum atomic E-state index is -0.265. The van der Waals surface area contributed by atoms with Crippen molar-refractivity contribution in [3.8, 4) is 17.2 Å². The normalized spacial score (nSPS) is 11.9. The number of carbonyl (C=O) groups is 1.